The van der Waals surface area contributed by atoms with Crippen molar-refractivity contribution in [3.63, 3.8) is 0 Å². The Balaban J connectivity index is 1.36. The predicted octanol–water partition coefficient (Wildman–Crippen LogP) is 3.43. The molecule has 1 aliphatic heterocycles. The van der Waals surface area contributed by atoms with Crippen molar-refractivity contribution in [2.75, 3.05) is 13.1 Å². The van der Waals surface area contributed by atoms with Gasteiger partial charge >= 0.3 is 0 Å². The zero-order chi connectivity index (χ0) is 15.6. The van der Waals surface area contributed by atoms with Crippen LogP contribution in [0.5, 0.6) is 5.75 Å². The summed E-state index contributed by atoms with van der Waals surface area (Å²) in [5, 5.41) is 12.5. The van der Waals surface area contributed by atoms with Crippen molar-refractivity contribution in [3.05, 3.63) is 59.2 Å². The molecule has 0 radical (unpaired) electrons. The zero-order valence-electron chi connectivity index (χ0n) is 12.5. The van der Waals surface area contributed by atoms with Gasteiger partial charge in [-0.2, -0.15) is 5.26 Å². The standard InChI is InChI=1S/C18H15N3OS/c19-8-14-7-15(5-6-20-14)22-16-10-21(11-16)9-13-12-23-18-4-2-1-3-17(13)18/h1-7,12,16H,9-11H2. The van der Waals surface area contributed by atoms with Crippen LogP contribution in [0.25, 0.3) is 10.1 Å². The molecule has 114 valence electrons. The molecule has 23 heavy (non-hydrogen) atoms. The van der Waals surface area contributed by atoms with Crippen molar-refractivity contribution >= 4 is 21.4 Å². The number of benzene rings is 1. The number of nitrogens with zero attached hydrogens (tertiary/aromatic N) is 3. The summed E-state index contributed by atoms with van der Waals surface area (Å²) in [6, 6.07) is 14.1. The maximum absolute atomic E-state index is 8.86. The minimum atomic E-state index is 0.189. The van der Waals surface area contributed by atoms with E-state index < -0.39 is 0 Å². The minimum Gasteiger partial charge on any atom is -0.488 e. The van der Waals surface area contributed by atoms with Crippen LogP contribution in [-0.2, 0) is 6.54 Å². The molecule has 1 fully saturated rings. The van der Waals surface area contributed by atoms with E-state index in [0.717, 1.165) is 25.4 Å². The molecule has 0 saturated carbocycles. The number of hydrogen-bond donors (Lipinski definition) is 0. The molecule has 2 aromatic heterocycles. The van der Waals surface area contributed by atoms with E-state index in [4.69, 9.17) is 10.00 Å². The molecular weight excluding hydrogens is 306 g/mol. The first-order valence-electron chi connectivity index (χ1n) is 7.52. The van der Waals surface area contributed by atoms with Crippen molar-refractivity contribution in [3.8, 4) is 11.8 Å². The zero-order valence-corrected chi connectivity index (χ0v) is 13.3. The molecule has 0 aliphatic carbocycles. The third-order valence-corrected chi connectivity index (χ3v) is 5.04. The van der Waals surface area contributed by atoms with Crippen molar-refractivity contribution in [2.24, 2.45) is 0 Å². The van der Waals surface area contributed by atoms with E-state index in [9.17, 15) is 0 Å². The fourth-order valence-corrected chi connectivity index (χ4v) is 3.81. The highest BCUT2D eigenvalue weighted by Gasteiger charge is 2.28. The number of nitriles is 1. The molecule has 0 atom stereocenters. The number of thiophene rings is 1. The Morgan fingerprint density at radius 1 is 1.30 bits per heavy atom. The van der Waals surface area contributed by atoms with Gasteiger partial charge in [0.2, 0.25) is 0 Å². The lowest BCUT2D eigenvalue weighted by Gasteiger charge is -2.38. The van der Waals surface area contributed by atoms with Crippen LogP contribution >= 0.6 is 11.3 Å². The van der Waals surface area contributed by atoms with Crippen LogP contribution in [0.2, 0.25) is 0 Å². The summed E-state index contributed by atoms with van der Waals surface area (Å²) in [7, 11) is 0. The summed E-state index contributed by atoms with van der Waals surface area (Å²) < 4.78 is 7.24. The first-order valence-corrected chi connectivity index (χ1v) is 8.40. The maximum Gasteiger partial charge on any atom is 0.144 e. The molecule has 0 bridgehead atoms. The Labute approximate surface area is 138 Å². The number of likely N-dealkylation sites (tertiary alicyclic amines) is 1. The van der Waals surface area contributed by atoms with Crippen molar-refractivity contribution < 1.29 is 4.74 Å². The molecule has 1 saturated heterocycles. The van der Waals surface area contributed by atoms with Gasteiger partial charge < -0.3 is 4.74 Å². The van der Waals surface area contributed by atoms with E-state index in [-0.39, 0.29) is 6.10 Å². The Morgan fingerprint density at radius 3 is 3.04 bits per heavy atom. The number of pyridine rings is 1. The van der Waals surface area contributed by atoms with E-state index in [2.05, 4.69) is 39.5 Å². The summed E-state index contributed by atoms with van der Waals surface area (Å²) in [5.74, 6) is 0.724. The molecule has 1 aliphatic rings. The van der Waals surface area contributed by atoms with Crippen LogP contribution < -0.4 is 4.74 Å². The van der Waals surface area contributed by atoms with Gasteiger partial charge in [0.15, 0.2) is 0 Å². The monoisotopic (exact) mass is 321 g/mol. The van der Waals surface area contributed by atoms with E-state index in [1.54, 1.807) is 29.7 Å². The fraction of sp³-hybridized carbons (Fsp3) is 0.222. The SMILES string of the molecule is N#Cc1cc(OC2CN(Cc3csc4ccccc34)C2)ccn1. The van der Waals surface area contributed by atoms with Gasteiger partial charge in [-0.25, -0.2) is 4.98 Å². The minimum absolute atomic E-state index is 0.189. The Bertz CT molecular complexity index is 877. The molecular formula is C18H15N3OS. The van der Waals surface area contributed by atoms with E-state index >= 15 is 0 Å². The largest absolute Gasteiger partial charge is 0.488 e. The predicted molar refractivity (Wildman–Crippen MR) is 90.5 cm³/mol. The van der Waals surface area contributed by atoms with E-state index in [1.165, 1.54) is 15.6 Å². The third-order valence-electron chi connectivity index (χ3n) is 4.03. The van der Waals surface area contributed by atoms with Crippen molar-refractivity contribution in [2.45, 2.75) is 12.6 Å². The number of aromatic nitrogens is 1. The molecule has 1 aromatic carbocycles. The molecule has 3 heterocycles. The highest BCUT2D eigenvalue weighted by atomic mass is 32.1. The Kier molecular flexibility index (Phi) is 3.70. The van der Waals surface area contributed by atoms with Crippen LogP contribution in [0.15, 0.2) is 48.0 Å². The summed E-state index contributed by atoms with van der Waals surface area (Å²) in [4.78, 5) is 6.33. The van der Waals surface area contributed by atoms with Crippen LogP contribution in [-0.4, -0.2) is 29.1 Å². The molecule has 5 heteroatoms. The second-order valence-corrected chi connectivity index (χ2v) is 6.59. The molecule has 0 unspecified atom stereocenters. The first kappa shape index (κ1) is 14.2. The summed E-state index contributed by atoms with van der Waals surface area (Å²) in [6.07, 6.45) is 1.80. The number of hydrogen-bond acceptors (Lipinski definition) is 5. The normalized spacial score (nSPS) is 15.3. The lowest BCUT2D eigenvalue weighted by molar-refractivity contribution is 0.0148. The molecule has 3 aromatic rings. The van der Waals surface area contributed by atoms with E-state index in [1.807, 2.05) is 6.07 Å². The Morgan fingerprint density at radius 2 is 2.17 bits per heavy atom. The van der Waals surface area contributed by atoms with Crippen LogP contribution in [0.4, 0.5) is 0 Å². The lowest BCUT2D eigenvalue weighted by atomic mass is 10.1. The van der Waals surface area contributed by atoms with Gasteiger partial charge in [0.25, 0.3) is 0 Å². The van der Waals surface area contributed by atoms with Crippen LogP contribution in [0, 0.1) is 11.3 Å². The van der Waals surface area contributed by atoms with E-state index in [0.29, 0.717) is 5.69 Å². The van der Waals surface area contributed by atoms with Gasteiger partial charge in [0, 0.05) is 36.6 Å². The van der Waals surface area contributed by atoms with Crippen molar-refractivity contribution in [1.29, 1.82) is 5.26 Å². The average molecular weight is 321 g/mol. The number of rotatable bonds is 4. The molecule has 4 rings (SSSR count). The number of ether oxygens (including phenoxy) is 1. The first-order chi connectivity index (χ1) is 11.3. The fourth-order valence-electron chi connectivity index (χ4n) is 2.86. The lowest BCUT2D eigenvalue weighted by Crippen LogP contribution is -2.53. The second-order valence-electron chi connectivity index (χ2n) is 5.68. The topological polar surface area (TPSA) is 49.1 Å². The van der Waals surface area contributed by atoms with Gasteiger partial charge in [-0.15, -0.1) is 11.3 Å². The smallest absolute Gasteiger partial charge is 0.144 e. The van der Waals surface area contributed by atoms with Crippen molar-refractivity contribution in [1.82, 2.24) is 9.88 Å². The van der Waals surface area contributed by atoms with Gasteiger partial charge in [0.05, 0.1) is 0 Å². The molecule has 4 nitrogen and oxygen atoms in total. The average Bonchev–Trinajstić information content (AvgIpc) is 2.96. The Hall–Kier alpha value is -2.42. The maximum atomic E-state index is 8.86. The van der Waals surface area contributed by atoms with Gasteiger partial charge in [-0.1, -0.05) is 18.2 Å². The quantitative estimate of drug-likeness (QED) is 0.739. The second kappa shape index (κ2) is 5.99. The summed E-state index contributed by atoms with van der Waals surface area (Å²) in [5.41, 5.74) is 1.78. The third kappa shape index (κ3) is 2.91. The van der Waals surface area contributed by atoms with Gasteiger partial charge in [0.1, 0.15) is 23.6 Å². The highest BCUT2D eigenvalue weighted by molar-refractivity contribution is 7.17. The van der Waals surface area contributed by atoms with Gasteiger partial charge in [-0.3, -0.25) is 4.90 Å². The van der Waals surface area contributed by atoms with Gasteiger partial charge in [-0.05, 0) is 28.5 Å². The highest BCUT2D eigenvalue weighted by Crippen LogP contribution is 2.28. The molecule has 0 N–H and O–H groups in total. The summed E-state index contributed by atoms with van der Waals surface area (Å²) in [6.45, 7) is 2.78. The molecule has 0 spiro atoms. The van der Waals surface area contributed by atoms with Crippen LogP contribution in [0.1, 0.15) is 11.3 Å². The number of fused-ring (bicyclic) bond motifs is 1. The summed E-state index contributed by atoms with van der Waals surface area (Å²) >= 11 is 1.80. The molecule has 0 amide bonds. The van der Waals surface area contributed by atoms with Crippen LogP contribution in [0.3, 0.4) is 0 Å².